The van der Waals surface area contributed by atoms with E-state index in [1.807, 2.05) is 25.1 Å². The quantitative estimate of drug-likeness (QED) is 0.668. The van der Waals surface area contributed by atoms with Crippen LogP contribution in [-0.4, -0.2) is 73.1 Å². The molecule has 0 saturated carbocycles. The molecule has 2 fully saturated rings. The van der Waals surface area contributed by atoms with E-state index in [9.17, 15) is 9.18 Å². The summed E-state index contributed by atoms with van der Waals surface area (Å²) in [5.41, 5.74) is 2.02. The zero-order valence-electron chi connectivity index (χ0n) is 18.8. The van der Waals surface area contributed by atoms with Crippen molar-refractivity contribution in [3.05, 3.63) is 48.0 Å². The molecule has 1 amide bonds. The van der Waals surface area contributed by atoms with E-state index in [-0.39, 0.29) is 17.6 Å². The maximum Gasteiger partial charge on any atom is 0.225 e. The maximum atomic E-state index is 13.1. The van der Waals surface area contributed by atoms with E-state index in [0.717, 1.165) is 75.9 Å². The Morgan fingerprint density at radius 2 is 1.88 bits per heavy atom. The summed E-state index contributed by atoms with van der Waals surface area (Å²) in [5, 5.41) is 3.14. The lowest BCUT2D eigenvalue weighted by Gasteiger charge is -2.36. The average Bonchev–Trinajstić information content (AvgIpc) is 2.83. The van der Waals surface area contributed by atoms with Crippen LogP contribution < -0.4 is 15.1 Å². The van der Waals surface area contributed by atoms with Crippen molar-refractivity contribution in [2.24, 2.45) is 5.92 Å². The Labute approximate surface area is 189 Å². The highest BCUT2D eigenvalue weighted by atomic mass is 19.1. The second kappa shape index (κ2) is 10.7. The van der Waals surface area contributed by atoms with Gasteiger partial charge in [-0.2, -0.15) is 0 Å². The summed E-state index contributed by atoms with van der Waals surface area (Å²) < 4.78 is 13.1. The van der Waals surface area contributed by atoms with Crippen molar-refractivity contribution in [3.8, 4) is 0 Å². The standard InChI is InChI=1S/C24H33FN6O/c1-19-9-11-27-24(28-19)31-13-2-4-20(18-31)23(32)26-10-3-12-29-14-16-30(17-15-29)22-7-5-21(25)6-8-22/h5-9,11,20H,2-4,10,12-18H2,1H3,(H,26,32). The molecule has 8 heteroatoms. The minimum absolute atomic E-state index is 0.00730. The second-order valence-corrected chi connectivity index (χ2v) is 8.73. The molecule has 4 rings (SSSR count). The molecule has 0 radical (unpaired) electrons. The molecule has 0 spiro atoms. The first kappa shape index (κ1) is 22.5. The molecule has 1 aromatic heterocycles. The van der Waals surface area contributed by atoms with Gasteiger partial charge < -0.3 is 15.1 Å². The van der Waals surface area contributed by atoms with Crippen LogP contribution in [0.25, 0.3) is 0 Å². The molecule has 1 N–H and O–H groups in total. The number of carbonyl (C=O) groups is 1. The smallest absolute Gasteiger partial charge is 0.225 e. The Morgan fingerprint density at radius 3 is 2.62 bits per heavy atom. The molecule has 172 valence electrons. The Morgan fingerprint density at radius 1 is 1.09 bits per heavy atom. The van der Waals surface area contributed by atoms with Gasteiger partial charge in [0.25, 0.3) is 0 Å². The average molecular weight is 441 g/mol. The molecular weight excluding hydrogens is 407 g/mol. The van der Waals surface area contributed by atoms with Crippen molar-refractivity contribution in [1.29, 1.82) is 0 Å². The normalized spacial score (nSPS) is 19.8. The van der Waals surface area contributed by atoms with Crippen LogP contribution in [0.5, 0.6) is 0 Å². The molecule has 0 aliphatic carbocycles. The van der Waals surface area contributed by atoms with E-state index >= 15 is 0 Å². The first-order chi connectivity index (χ1) is 15.6. The van der Waals surface area contributed by atoms with Crippen molar-refractivity contribution in [3.63, 3.8) is 0 Å². The molecule has 0 bridgehead atoms. The highest BCUT2D eigenvalue weighted by molar-refractivity contribution is 5.79. The summed E-state index contributed by atoms with van der Waals surface area (Å²) in [6, 6.07) is 8.62. The van der Waals surface area contributed by atoms with Crippen LogP contribution in [-0.2, 0) is 4.79 Å². The van der Waals surface area contributed by atoms with Gasteiger partial charge in [-0.25, -0.2) is 14.4 Å². The van der Waals surface area contributed by atoms with Crippen molar-refractivity contribution in [2.45, 2.75) is 26.2 Å². The largest absolute Gasteiger partial charge is 0.369 e. The monoisotopic (exact) mass is 440 g/mol. The predicted molar refractivity (Wildman–Crippen MR) is 124 cm³/mol. The lowest BCUT2D eigenvalue weighted by Crippen LogP contribution is -2.47. The number of nitrogens with zero attached hydrogens (tertiary/aromatic N) is 5. The van der Waals surface area contributed by atoms with Crippen LogP contribution in [0.4, 0.5) is 16.0 Å². The van der Waals surface area contributed by atoms with E-state index in [0.29, 0.717) is 13.1 Å². The minimum Gasteiger partial charge on any atom is -0.369 e. The van der Waals surface area contributed by atoms with Crippen molar-refractivity contribution >= 4 is 17.5 Å². The van der Waals surface area contributed by atoms with Crippen molar-refractivity contribution < 1.29 is 9.18 Å². The number of anilines is 2. The number of aryl methyl sites for hydroxylation is 1. The van der Waals surface area contributed by atoms with Gasteiger partial charge in [-0.05, 0) is 63.1 Å². The van der Waals surface area contributed by atoms with Gasteiger partial charge in [-0.3, -0.25) is 9.69 Å². The number of nitrogens with one attached hydrogen (secondary N) is 1. The van der Waals surface area contributed by atoms with Crippen LogP contribution in [0.3, 0.4) is 0 Å². The number of piperidine rings is 1. The fourth-order valence-electron chi connectivity index (χ4n) is 4.50. The third-order valence-electron chi connectivity index (χ3n) is 6.37. The summed E-state index contributed by atoms with van der Waals surface area (Å²) >= 11 is 0. The van der Waals surface area contributed by atoms with Gasteiger partial charge in [0, 0.05) is 63.4 Å². The van der Waals surface area contributed by atoms with Crippen molar-refractivity contribution in [1.82, 2.24) is 20.2 Å². The van der Waals surface area contributed by atoms with Gasteiger partial charge in [0.1, 0.15) is 5.82 Å². The molecule has 2 aliphatic rings. The van der Waals surface area contributed by atoms with Crippen molar-refractivity contribution in [2.75, 3.05) is 62.2 Å². The van der Waals surface area contributed by atoms with Gasteiger partial charge in [-0.15, -0.1) is 0 Å². The maximum absolute atomic E-state index is 13.1. The van der Waals surface area contributed by atoms with E-state index in [1.165, 1.54) is 12.1 Å². The lowest BCUT2D eigenvalue weighted by atomic mass is 9.97. The number of halogens is 1. The number of carbonyl (C=O) groups excluding carboxylic acids is 1. The zero-order chi connectivity index (χ0) is 22.3. The third kappa shape index (κ3) is 5.94. The van der Waals surface area contributed by atoms with Crippen LogP contribution in [0, 0.1) is 18.7 Å². The van der Waals surface area contributed by atoms with Crippen LogP contribution in [0.15, 0.2) is 36.5 Å². The number of hydrogen-bond donors (Lipinski definition) is 1. The molecule has 32 heavy (non-hydrogen) atoms. The highest BCUT2D eigenvalue weighted by Gasteiger charge is 2.27. The minimum atomic E-state index is -0.195. The SMILES string of the molecule is Cc1ccnc(N2CCCC(C(=O)NCCCN3CCN(c4ccc(F)cc4)CC3)C2)n1. The molecular formula is C24H33FN6O. The van der Waals surface area contributed by atoms with Gasteiger partial charge in [0.05, 0.1) is 5.92 Å². The fraction of sp³-hybridized carbons (Fsp3) is 0.542. The molecule has 2 saturated heterocycles. The van der Waals surface area contributed by atoms with E-state index in [4.69, 9.17) is 0 Å². The molecule has 2 aromatic rings. The zero-order valence-corrected chi connectivity index (χ0v) is 18.8. The lowest BCUT2D eigenvalue weighted by molar-refractivity contribution is -0.125. The van der Waals surface area contributed by atoms with E-state index < -0.39 is 0 Å². The second-order valence-electron chi connectivity index (χ2n) is 8.73. The molecule has 1 unspecified atom stereocenters. The first-order valence-electron chi connectivity index (χ1n) is 11.6. The third-order valence-corrected chi connectivity index (χ3v) is 6.37. The number of amides is 1. The Hall–Kier alpha value is -2.74. The molecule has 1 aromatic carbocycles. The number of piperazine rings is 1. The number of hydrogen-bond acceptors (Lipinski definition) is 6. The predicted octanol–water partition coefficient (Wildman–Crippen LogP) is 2.47. The van der Waals surface area contributed by atoms with E-state index in [2.05, 4.69) is 30.0 Å². The van der Waals surface area contributed by atoms with Crippen LogP contribution in [0.1, 0.15) is 25.0 Å². The number of rotatable bonds is 7. The van der Waals surface area contributed by atoms with Gasteiger partial charge in [0.15, 0.2) is 0 Å². The Kier molecular flexibility index (Phi) is 7.52. The van der Waals surface area contributed by atoms with Crippen LogP contribution in [0.2, 0.25) is 0 Å². The summed E-state index contributed by atoms with van der Waals surface area (Å²) in [6.07, 6.45) is 4.62. The molecule has 2 aliphatic heterocycles. The highest BCUT2D eigenvalue weighted by Crippen LogP contribution is 2.21. The summed E-state index contributed by atoms with van der Waals surface area (Å²) in [4.78, 5) is 28.4. The summed E-state index contributed by atoms with van der Waals surface area (Å²) in [5.74, 6) is 0.664. The fourth-order valence-corrected chi connectivity index (χ4v) is 4.50. The van der Waals surface area contributed by atoms with Crippen LogP contribution >= 0.6 is 0 Å². The molecule has 3 heterocycles. The topological polar surface area (TPSA) is 64.6 Å². The molecule has 7 nitrogen and oxygen atoms in total. The van der Waals surface area contributed by atoms with Gasteiger partial charge >= 0.3 is 0 Å². The first-order valence-corrected chi connectivity index (χ1v) is 11.6. The summed E-state index contributed by atoms with van der Waals surface area (Å²) in [7, 11) is 0. The Balaban J connectivity index is 1.14. The van der Waals surface area contributed by atoms with E-state index in [1.54, 1.807) is 6.20 Å². The number of aromatic nitrogens is 2. The van der Waals surface area contributed by atoms with Gasteiger partial charge in [-0.1, -0.05) is 0 Å². The summed E-state index contributed by atoms with van der Waals surface area (Å²) in [6.45, 7) is 9.08. The van der Waals surface area contributed by atoms with Gasteiger partial charge in [0.2, 0.25) is 11.9 Å². The molecule has 1 atom stereocenters. The number of benzene rings is 1. The Bertz CT molecular complexity index is 884.